The van der Waals surface area contributed by atoms with E-state index in [4.69, 9.17) is 0 Å². The summed E-state index contributed by atoms with van der Waals surface area (Å²) in [5, 5.41) is 18.7. The van der Waals surface area contributed by atoms with Gasteiger partial charge in [0.1, 0.15) is 5.82 Å². The van der Waals surface area contributed by atoms with E-state index in [1.54, 1.807) is 12.1 Å². The van der Waals surface area contributed by atoms with E-state index < -0.39 is 5.60 Å². The number of hydrogen-bond acceptors (Lipinski definition) is 3. The van der Waals surface area contributed by atoms with Crippen molar-refractivity contribution < 1.29 is 14.3 Å². The van der Waals surface area contributed by atoms with Crippen LogP contribution in [0.2, 0.25) is 0 Å². The summed E-state index contributed by atoms with van der Waals surface area (Å²) in [7, 11) is 0. The Hall–Kier alpha value is -2.99. The van der Waals surface area contributed by atoms with Gasteiger partial charge in [0.15, 0.2) is 0 Å². The average molecular weight is 420 g/mol. The maximum Gasteiger partial charge on any atom is 0.257 e. The molecule has 0 spiro atoms. The fourth-order valence-electron chi connectivity index (χ4n) is 5.49. The fourth-order valence-corrected chi connectivity index (χ4v) is 5.49. The number of nitrogens with one attached hydrogen (secondary N) is 1. The van der Waals surface area contributed by atoms with Gasteiger partial charge in [-0.05, 0) is 37.0 Å². The molecular weight excluding hydrogens is 393 g/mol. The topological polar surface area (TPSA) is 69.2 Å². The zero-order chi connectivity index (χ0) is 21.4. The molecule has 3 aromatic rings. The van der Waals surface area contributed by atoms with Crippen molar-refractivity contribution in [1.82, 2.24) is 15.1 Å². The van der Waals surface area contributed by atoms with E-state index in [0.717, 1.165) is 31.2 Å². The molecule has 2 heterocycles. The number of fused-ring (bicyclic) bond motifs is 1. The molecule has 2 fully saturated rings. The number of halogens is 1. The van der Waals surface area contributed by atoms with Crippen LogP contribution in [0.25, 0.3) is 11.3 Å². The molecule has 160 valence electrons. The molecule has 0 unspecified atom stereocenters. The normalized spacial score (nSPS) is 25.8. The second-order valence-corrected chi connectivity index (χ2v) is 8.67. The average Bonchev–Trinajstić information content (AvgIpc) is 3.30. The predicted octanol–water partition coefficient (Wildman–Crippen LogP) is 4.51. The molecule has 1 saturated carbocycles. The van der Waals surface area contributed by atoms with Gasteiger partial charge in [0.25, 0.3) is 5.91 Å². The van der Waals surface area contributed by atoms with Gasteiger partial charge in [0.05, 0.1) is 23.1 Å². The quantitative estimate of drug-likeness (QED) is 0.656. The van der Waals surface area contributed by atoms with Crippen LogP contribution in [-0.4, -0.2) is 38.7 Å². The highest BCUT2D eigenvalue weighted by Crippen LogP contribution is 2.47. The number of aromatic amines is 1. The number of hydrogen-bond donors (Lipinski definition) is 2. The summed E-state index contributed by atoms with van der Waals surface area (Å²) < 4.78 is 13.8. The van der Waals surface area contributed by atoms with Crippen LogP contribution in [0.5, 0.6) is 0 Å². The van der Waals surface area contributed by atoms with Crippen LogP contribution in [-0.2, 0) is 5.60 Å². The van der Waals surface area contributed by atoms with Gasteiger partial charge in [-0.3, -0.25) is 9.89 Å². The maximum absolute atomic E-state index is 13.8. The second kappa shape index (κ2) is 7.93. The molecule has 1 aromatic heterocycles. The Morgan fingerprint density at radius 3 is 2.74 bits per heavy atom. The number of nitrogens with zero attached hydrogens (tertiary/aromatic N) is 2. The van der Waals surface area contributed by atoms with Gasteiger partial charge >= 0.3 is 0 Å². The van der Waals surface area contributed by atoms with Gasteiger partial charge in [-0.1, -0.05) is 55.3 Å². The van der Waals surface area contributed by atoms with Crippen LogP contribution in [0, 0.1) is 11.7 Å². The Bertz CT molecular complexity index is 1080. The molecule has 2 aromatic carbocycles. The fraction of sp³-hybridized carbons (Fsp3) is 0.360. The predicted molar refractivity (Wildman–Crippen MR) is 116 cm³/mol. The molecule has 31 heavy (non-hydrogen) atoms. The molecule has 5 rings (SSSR count). The minimum absolute atomic E-state index is 0.00845. The molecule has 2 aliphatic rings. The first-order chi connectivity index (χ1) is 15.1. The molecule has 5 nitrogen and oxygen atoms in total. The summed E-state index contributed by atoms with van der Waals surface area (Å²) in [6, 6.07) is 16.0. The lowest BCUT2D eigenvalue weighted by atomic mass is 9.66. The minimum atomic E-state index is -0.926. The summed E-state index contributed by atoms with van der Waals surface area (Å²) in [4.78, 5) is 15.5. The Labute approximate surface area is 180 Å². The first-order valence-electron chi connectivity index (χ1n) is 11.0. The number of carbonyl (C=O) groups is 1. The molecule has 1 amide bonds. The Morgan fingerprint density at radius 2 is 1.94 bits per heavy atom. The van der Waals surface area contributed by atoms with E-state index in [9.17, 15) is 14.3 Å². The van der Waals surface area contributed by atoms with Crippen molar-refractivity contribution in [1.29, 1.82) is 0 Å². The largest absolute Gasteiger partial charge is 0.385 e. The third-order valence-electron chi connectivity index (χ3n) is 6.99. The van der Waals surface area contributed by atoms with Gasteiger partial charge < -0.3 is 10.0 Å². The molecular formula is C25H26FN3O2. The number of amides is 1. The van der Waals surface area contributed by atoms with Crippen molar-refractivity contribution in [3.05, 3.63) is 77.7 Å². The Balaban J connectivity index is 1.47. The molecule has 0 bridgehead atoms. The first kappa shape index (κ1) is 19.9. The molecule has 1 aliphatic carbocycles. The number of likely N-dealkylation sites (tertiary alicyclic amines) is 1. The van der Waals surface area contributed by atoms with Gasteiger partial charge in [-0.25, -0.2) is 4.39 Å². The lowest BCUT2D eigenvalue weighted by molar-refractivity contribution is -0.110. The van der Waals surface area contributed by atoms with Gasteiger partial charge in [0, 0.05) is 24.1 Å². The van der Waals surface area contributed by atoms with Crippen LogP contribution in [0.3, 0.4) is 0 Å². The van der Waals surface area contributed by atoms with Gasteiger partial charge in [-0.2, -0.15) is 5.10 Å². The van der Waals surface area contributed by atoms with Crippen LogP contribution in [0.1, 0.15) is 48.0 Å². The van der Waals surface area contributed by atoms with Crippen molar-refractivity contribution in [2.24, 2.45) is 5.92 Å². The number of carbonyl (C=O) groups excluding carboxylic acids is 1. The third kappa shape index (κ3) is 3.45. The van der Waals surface area contributed by atoms with Crippen LogP contribution < -0.4 is 0 Å². The van der Waals surface area contributed by atoms with E-state index in [1.165, 1.54) is 18.3 Å². The van der Waals surface area contributed by atoms with Crippen LogP contribution in [0.15, 0.2) is 60.8 Å². The Morgan fingerprint density at radius 1 is 1.13 bits per heavy atom. The minimum Gasteiger partial charge on any atom is -0.385 e. The number of rotatable bonds is 3. The number of H-pyrrole nitrogens is 1. The van der Waals surface area contributed by atoms with E-state index in [0.29, 0.717) is 29.8 Å². The van der Waals surface area contributed by atoms with Crippen molar-refractivity contribution in [3.8, 4) is 11.3 Å². The summed E-state index contributed by atoms with van der Waals surface area (Å²) in [6.07, 6.45) is 5.88. The zero-order valence-electron chi connectivity index (χ0n) is 17.3. The number of aromatic nitrogens is 2. The van der Waals surface area contributed by atoms with Gasteiger partial charge in [0.2, 0.25) is 0 Å². The summed E-state index contributed by atoms with van der Waals surface area (Å²) >= 11 is 0. The second-order valence-electron chi connectivity index (χ2n) is 8.67. The molecule has 1 aliphatic heterocycles. The molecule has 6 heteroatoms. The van der Waals surface area contributed by atoms with Crippen molar-refractivity contribution in [3.63, 3.8) is 0 Å². The first-order valence-corrected chi connectivity index (χ1v) is 11.0. The number of piperidine rings is 1. The molecule has 3 atom stereocenters. The summed E-state index contributed by atoms with van der Waals surface area (Å²) in [6.45, 7) is 0.471. The summed E-state index contributed by atoms with van der Waals surface area (Å²) in [5.74, 6) is -0.477. The SMILES string of the molecule is O=C(c1cn[nH]c1-c1cccc(F)c1)N1CC[C@@](O)(c2ccccc2)[C@H]2CCCC[C@H]21. The van der Waals surface area contributed by atoms with Crippen molar-refractivity contribution in [2.45, 2.75) is 43.7 Å². The summed E-state index contributed by atoms with van der Waals surface area (Å²) in [5.41, 5.74) is 1.58. The molecule has 1 saturated heterocycles. The van der Waals surface area contributed by atoms with E-state index in [-0.39, 0.29) is 23.7 Å². The van der Waals surface area contributed by atoms with Gasteiger partial charge in [-0.15, -0.1) is 0 Å². The van der Waals surface area contributed by atoms with Crippen LogP contribution >= 0.6 is 0 Å². The lowest BCUT2D eigenvalue weighted by Gasteiger charge is -2.52. The zero-order valence-corrected chi connectivity index (χ0v) is 17.3. The smallest absolute Gasteiger partial charge is 0.257 e. The molecule has 0 radical (unpaired) electrons. The standard InChI is InChI=1S/C25H26FN3O2/c26-19-10-6-7-17(15-19)23-20(16-27-28-23)24(30)29-14-13-25(31,18-8-2-1-3-9-18)21-11-4-5-12-22(21)29/h1-3,6-10,15-16,21-22,31H,4-5,11-14H2,(H,27,28)/t21-,22+,25+/m0/s1. The Kier molecular flexibility index (Phi) is 5.10. The lowest BCUT2D eigenvalue weighted by Crippen LogP contribution is -2.59. The monoisotopic (exact) mass is 419 g/mol. The highest BCUT2D eigenvalue weighted by molar-refractivity contribution is 6.00. The third-order valence-corrected chi connectivity index (χ3v) is 6.99. The van der Waals surface area contributed by atoms with Crippen LogP contribution in [0.4, 0.5) is 4.39 Å². The highest BCUT2D eigenvalue weighted by atomic mass is 19.1. The van der Waals surface area contributed by atoms with Crippen molar-refractivity contribution >= 4 is 5.91 Å². The molecule has 2 N–H and O–H groups in total. The van der Waals surface area contributed by atoms with Crippen molar-refractivity contribution in [2.75, 3.05) is 6.54 Å². The van der Waals surface area contributed by atoms with E-state index in [1.807, 2.05) is 35.2 Å². The number of benzene rings is 2. The van der Waals surface area contributed by atoms with E-state index >= 15 is 0 Å². The highest BCUT2D eigenvalue weighted by Gasteiger charge is 2.50. The van der Waals surface area contributed by atoms with E-state index in [2.05, 4.69) is 10.2 Å². The maximum atomic E-state index is 13.8. The number of aliphatic hydroxyl groups is 1.